The van der Waals surface area contributed by atoms with Crippen LogP contribution in [0, 0.1) is 10.1 Å². The van der Waals surface area contributed by atoms with Gasteiger partial charge in [0.05, 0.1) is 12.0 Å². The molecule has 6 nitrogen and oxygen atoms in total. The Hall–Kier alpha value is -2.37. The first-order valence-corrected chi connectivity index (χ1v) is 4.87. The number of esters is 1. The number of hydrogen-bond donors (Lipinski definition) is 0. The summed E-state index contributed by atoms with van der Waals surface area (Å²) in [5.74, 6) is -0.466. The van der Waals surface area contributed by atoms with E-state index in [0.29, 0.717) is 11.1 Å². The van der Waals surface area contributed by atoms with E-state index < -0.39 is 10.9 Å². The Bertz CT molecular complexity index is 615. The third kappa shape index (κ3) is 1.73. The molecule has 0 spiro atoms. The lowest BCUT2D eigenvalue weighted by Gasteiger charge is -2.01. The Balaban J connectivity index is 2.65. The third-order valence-electron chi connectivity index (χ3n) is 2.63. The summed E-state index contributed by atoms with van der Waals surface area (Å²) in [5.41, 5.74) is 1.11. The topological polar surface area (TPSA) is 74.4 Å². The van der Waals surface area contributed by atoms with Crippen molar-refractivity contribution < 1.29 is 14.5 Å². The standard InChI is InChI=1S/C11H10N2O4/c1-12-9-4-3-8(13(15)16)5-7(9)6-10(12)11(14)17-2/h3-6H,1-2H3. The van der Waals surface area contributed by atoms with Gasteiger partial charge in [-0.15, -0.1) is 0 Å². The molecule has 0 bridgehead atoms. The van der Waals surface area contributed by atoms with Gasteiger partial charge >= 0.3 is 5.97 Å². The Labute approximate surface area is 96.6 Å². The minimum atomic E-state index is -0.468. The number of nitrogens with zero attached hydrogens (tertiary/aromatic N) is 2. The molecule has 0 saturated carbocycles. The van der Waals surface area contributed by atoms with Crippen molar-refractivity contribution in [1.82, 2.24) is 4.57 Å². The van der Waals surface area contributed by atoms with Crippen LogP contribution in [0.5, 0.6) is 0 Å². The zero-order valence-corrected chi connectivity index (χ0v) is 9.34. The van der Waals surface area contributed by atoms with Gasteiger partial charge in [-0.05, 0) is 12.1 Å². The second-order valence-electron chi connectivity index (χ2n) is 3.58. The zero-order chi connectivity index (χ0) is 12.6. The molecular formula is C11H10N2O4. The van der Waals surface area contributed by atoms with Gasteiger partial charge in [0, 0.05) is 30.1 Å². The molecule has 2 rings (SSSR count). The van der Waals surface area contributed by atoms with Crippen molar-refractivity contribution in [2.24, 2.45) is 7.05 Å². The normalized spacial score (nSPS) is 10.5. The number of carbonyl (C=O) groups is 1. The van der Waals surface area contributed by atoms with Crippen LogP contribution in [0.1, 0.15) is 10.5 Å². The number of non-ortho nitro benzene ring substituents is 1. The van der Waals surface area contributed by atoms with Gasteiger partial charge in [-0.3, -0.25) is 10.1 Å². The molecule has 1 heterocycles. The minimum Gasteiger partial charge on any atom is -0.464 e. The predicted molar refractivity (Wildman–Crippen MR) is 60.9 cm³/mol. The number of nitro benzene ring substituents is 1. The molecule has 1 aromatic carbocycles. The summed E-state index contributed by atoms with van der Waals surface area (Å²) in [6, 6.07) is 6.03. The summed E-state index contributed by atoms with van der Waals surface area (Å²) >= 11 is 0. The highest BCUT2D eigenvalue weighted by atomic mass is 16.6. The highest BCUT2D eigenvalue weighted by Crippen LogP contribution is 2.24. The van der Waals surface area contributed by atoms with Crippen molar-refractivity contribution >= 4 is 22.6 Å². The van der Waals surface area contributed by atoms with Crippen LogP contribution in [0.4, 0.5) is 5.69 Å². The molecule has 6 heteroatoms. The van der Waals surface area contributed by atoms with Crippen molar-refractivity contribution in [1.29, 1.82) is 0 Å². The summed E-state index contributed by atoms with van der Waals surface area (Å²) in [4.78, 5) is 21.6. The summed E-state index contributed by atoms with van der Waals surface area (Å²) in [5, 5.41) is 11.3. The van der Waals surface area contributed by atoms with Crippen molar-refractivity contribution in [3.63, 3.8) is 0 Å². The van der Waals surface area contributed by atoms with E-state index in [0.717, 1.165) is 5.52 Å². The molecule has 0 aliphatic rings. The van der Waals surface area contributed by atoms with E-state index in [-0.39, 0.29) is 5.69 Å². The zero-order valence-electron chi connectivity index (χ0n) is 9.34. The smallest absolute Gasteiger partial charge is 0.354 e. The maximum absolute atomic E-state index is 11.4. The van der Waals surface area contributed by atoms with Crippen LogP contribution < -0.4 is 0 Å². The lowest BCUT2D eigenvalue weighted by Crippen LogP contribution is -2.06. The maximum Gasteiger partial charge on any atom is 0.354 e. The number of aryl methyl sites for hydroxylation is 1. The van der Waals surface area contributed by atoms with E-state index in [4.69, 9.17) is 0 Å². The number of aromatic nitrogens is 1. The number of benzene rings is 1. The molecule has 0 radical (unpaired) electrons. The van der Waals surface area contributed by atoms with Gasteiger partial charge in [-0.1, -0.05) is 0 Å². The summed E-state index contributed by atoms with van der Waals surface area (Å²) in [6.45, 7) is 0. The number of methoxy groups -OCH3 is 1. The van der Waals surface area contributed by atoms with E-state index in [1.807, 2.05) is 0 Å². The monoisotopic (exact) mass is 234 g/mol. The Morgan fingerprint density at radius 2 is 2.12 bits per heavy atom. The van der Waals surface area contributed by atoms with Crippen molar-refractivity contribution in [3.8, 4) is 0 Å². The third-order valence-corrected chi connectivity index (χ3v) is 2.63. The van der Waals surface area contributed by atoms with E-state index in [2.05, 4.69) is 4.74 Å². The second kappa shape index (κ2) is 3.89. The van der Waals surface area contributed by atoms with Crippen molar-refractivity contribution in [2.45, 2.75) is 0 Å². The van der Waals surface area contributed by atoms with Gasteiger partial charge in [0.25, 0.3) is 5.69 Å². The molecule has 0 atom stereocenters. The minimum absolute atomic E-state index is 0.000448. The number of hydrogen-bond acceptors (Lipinski definition) is 4. The number of rotatable bonds is 2. The maximum atomic E-state index is 11.4. The van der Waals surface area contributed by atoms with Gasteiger partial charge < -0.3 is 9.30 Å². The van der Waals surface area contributed by atoms with Crippen LogP contribution in [0.25, 0.3) is 10.9 Å². The van der Waals surface area contributed by atoms with E-state index in [1.165, 1.54) is 19.2 Å². The molecule has 2 aromatic rings. The highest BCUT2D eigenvalue weighted by Gasteiger charge is 2.15. The summed E-state index contributed by atoms with van der Waals surface area (Å²) in [6.07, 6.45) is 0. The fraction of sp³-hybridized carbons (Fsp3) is 0.182. The quantitative estimate of drug-likeness (QED) is 0.451. The van der Waals surface area contributed by atoms with Crippen molar-refractivity contribution in [3.05, 3.63) is 40.1 Å². The van der Waals surface area contributed by atoms with Crippen LogP contribution in [0.2, 0.25) is 0 Å². The van der Waals surface area contributed by atoms with Crippen LogP contribution in [0.15, 0.2) is 24.3 Å². The lowest BCUT2D eigenvalue weighted by atomic mass is 10.2. The molecule has 0 aliphatic carbocycles. The Kier molecular flexibility index (Phi) is 2.55. The fourth-order valence-corrected chi connectivity index (χ4v) is 1.75. The van der Waals surface area contributed by atoms with Gasteiger partial charge in [0.15, 0.2) is 0 Å². The van der Waals surface area contributed by atoms with Crippen molar-refractivity contribution in [2.75, 3.05) is 7.11 Å². The molecule has 0 N–H and O–H groups in total. The number of nitro groups is 1. The van der Waals surface area contributed by atoms with Gasteiger partial charge in [0.2, 0.25) is 0 Å². The molecule has 0 amide bonds. The second-order valence-corrected chi connectivity index (χ2v) is 3.58. The van der Waals surface area contributed by atoms with Crippen LogP contribution >= 0.6 is 0 Å². The van der Waals surface area contributed by atoms with E-state index >= 15 is 0 Å². The molecule has 0 unspecified atom stereocenters. The largest absolute Gasteiger partial charge is 0.464 e. The fourth-order valence-electron chi connectivity index (χ4n) is 1.75. The molecule has 0 saturated heterocycles. The van der Waals surface area contributed by atoms with Gasteiger partial charge in [-0.25, -0.2) is 4.79 Å². The lowest BCUT2D eigenvalue weighted by molar-refractivity contribution is -0.384. The highest BCUT2D eigenvalue weighted by molar-refractivity contribution is 5.96. The molecule has 0 fully saturated rings. The Morgan fingerprint density at radius 3 is 2.71 bits per heavy atom. The SMILES string of the molecule is COC(=O)c1cc2cc([N+](=O)[O-])ccc2n1C. The predicted octanol–water partition coefficient (Wildman–Crippen LogP) is 1.87. The molecule has 17 heavy (non-hydrogen) atoms. The van der Waals surface area contributed by atoms with E-state index in [1.54, 1.807) is 23.7 Å². The molecule has 1 aromatic heterocycles. The molecule has 88 valence electrons. The van der Waals surface area contributed by atoms with Crippen LogP contribution in [0.3, 0.4) is 0 Å². The molecule has 0 aliphatic heterocycles. The van der Waals surface area contributed by atoms with Gasteiger partial charge in [0.1, 0.15) is 5.69 Å². The number of ether oxygens (including phenoxy) is 1. The number of carbonyl (C=O) groups excluding carboxylic acids is 1. The first kappa shape index (κ1) is 11.1. The average Bonchev–Trinajstić information content (AvgIpc) is 2.65. The summed E-state index contributed by atoms with van der Waals surface area (Å²) < 4.78 is 6.27. The van der Waals surface area contributed by atoms with Crippen LogP contribution in [-0.4, -0.2) is 22.6 Å². The first-order chi connectivity index (χ1) is 8.04. The van der Waals surface area contributed by atoms with E-state index in [9.17, 15) is 14.9 Å². The average molecular weight is 234 g/mol. The first-order valence-electron chi connectivity index (χ1n) is 4.87. The Morgan fingerprint density at radius 1 is 1.41 bits per heavy atom. The van der Waals surface area contributed by atoms with Crippen LogP contribution in [-0.2, 0) is 11.8 Å². The summed E-state index contributed by atoms with van der Waals surface area (Å²) in [7, 11) is 3.00. The number of fused-ring (bicyclic) bond motifs is 1. The molecular weight excluding hydrogens is 224 g/mol. The van der Waals surface area contributed by atoms with Gasteiger partial charge in [-0.2, -0.15) is 0 Å².